The summed E-state index contributed by atoms with van der Waals surface area (Å²) in [4.78, 5) is 29.6. The van der Waals surface area contributed by atoms with E-state index in [4.69, 9.17) is 0 Å². The number of piperidine rings is 1. The zero-order valence-electron chi connectivity index (χ0n) is 17.6. The summed E-state index contributed by atoms with van der Waals surface area (Å²) in [7, 11) is 0. The van der Waals surface area contributed by atoms with Gasteiger partial charge in [0.15, 0.2) is 0 Å². The molecule has 0 radical (unpaired) electrons. The van der Waals surface area contributed by atoms with Crippen LogP contribution in [0, 0.1) is 0 Å². The van der Waals surface area contributed by atoms with Crippen LogP contribution >= 0.6 is 11.8 Å². The molecule has 0 saturated carbocycles. The molecule has 2 aliphatic heterocycles. The fourth-order valence-electron chi connectivity index (χ4n) is 4.39. The van der Waals surface area contributed by atoms with Gasteiger partial charge in [0.25, 0.3) is 11.8 Å². The van der Waals surface area contributed by atoms with Crippen LogP contribution in [0.2, 0.25) is 0 Å². The zero-order chi connectivity index (χ0) is 21.1. The van der Waals surface area contributed by atoms with Crippen LogP contribution in [-0.4, -0.2) is 41.9 Å². The molecule has 2 aromatic carbocycles. The summed E-state index contributed by atoms with van der Waals surface area (Å²) in [6.07, 6.45) is 4.78. The van der Waals surface area contributed by atoms with Crippen LogP contribution in [0.1, 0.15) is 60.2 Å². The number of anilines is 1. The minimum absolute atomic E-state index is 0.0986. The van der Waals surface area contributed by atoms with Gasteiger partial charge in [-0.2, -0.15) is 0 Å². The molecule has 0 spiro atoms. The molecule has 158 valence electrons. The molecule has 2 aromatic rings. The van der Waals surface area contributed by atoms with E-state index in [2.05, 4.69) is 29.4 Å². The van der Waals surface area contributed by atoms with Crippen LogP contribution < -0.4 is 10.6 Å². The number of hydrogen-bond acceptors (Lipinski definition) is 4. The van der Waals surface area contributed by atoms with Crippen molar-refractivity contribution in [3.63, 3.8) is 0 Å². The molecule has 2 amide bonds. The Morgan fingerprint density at radius 3 is 2.70 bits per heavy atom. The third-order valence-electron chi connectivity index (χ3n) is 6.10. The monoisotopic (exact) mass is 423 g/mol. The van der Waals surface area contributed by atoms with Gasteiger partial charge in [-0.25, -0.2) is 0 Å². The quantitative estimate of drug-likeness (QED) is 0.679. The van der Waals surface area contributed by atoms with Crippen molar-refractivity contribution in [1.29, 1.82) is 0 Å². The van der Waals surface area contributed by atoms with Gasteiger partial charge in [-0.1, -0.05) is 30.3 Å². The maximum Gasteiger partial charge on any atom is 0.256 e. The van der Waals surface area contributed by atoms with E-state index in [0.717, 1.165) is 22.8 Å². The molecule has 0 aliphatic carbocycles. The van der Waals surface area contributed by atoms with Crippen LogP contribution in [0.15, 0.2) is 52.3 Å². The highest BCUT2D eigenvalue weighted by molar-refractivity contribution is 7.99. The number of carbonyl (C=O) groups is 2. The SMILES string of the molecule is C[C@H]1CCC[C@H](C)N1CCCNC(=O)c1ccc2c(c1)NC(=O)c1ccccc1S2. The minimum Gasteiger partial charge on any atom is -0.352 e. The van der Waals surface area contributed by atoms with E-state index in [9.17, 15) is 9.59 Å². The molecule has 5 nitrogen and oxygen atoms in total. The van der Waals surface area contributed by atoms with E-state index < -0.39 is 0 Å². The summed E-state index contributed by atoms with van der Waals surface area (Å²) in [5, 5.41) is 5.98. The van der Waals surface area contributed by atoms with Gasteiger partial charge in [-0.15, -0.1) is 0 Å². The zero-order valence-corrected chi connectivity index (χ0v) is 18.4. The molecular formula is C24H29N3O2S. The highest BCUT2D eigenvalue weighted by Crippen LogP contribution is 2.39. The van der Waals surface area contributed by atoms with Gasteiger partial charge in [0.1, 0.15) is 0 Å². The minimum atomic E-state index is -0.140. The number of hydrogen-bond donors (Lipinski definition) is 2. The Morgan fingerprint density at radius 1 is 1.13 bits per heavy atom. The van der Waals surface area contributed by atoms with Crippen molar-refractivity contribution in [2.45, 2.75) is 61.4 Å². The van der Waals surface area contributed by atoms with Gasteiger partial charge >= 0.3 is 0 Å². The molecule has 4 rings (SSSR count). The van der Waals surface area contributed by atoms with Crippen LogP contribution in [0.3, 0.4) is 0 Å². The molecule has 30 heavy (non-hydrogen) atoms. The summed E-state index contributed by atoms with van der Waals surface area (Å²) >= 11 is 1.54. The first-order valence-electron chi connectivity index (χ1n) is 10.8. The van der Waals surface area contributed by atoms with Gasteiger partial charge in [0.2, 0.25) is 0 Å². The van der Waals surface area contributed by atoms with Crippen LogP contribution in [-0.2, 0) is 0 Å². The molecule has 2 heterocycles. The van der Waals surface area contributed by atoms with Crippen molar-refractivity contribution in [3.8, 4) is 0 Å². The molecule has 0 aromatic heterocycles. The molecule has 6 heteroatoms. The van der Waals surface area contributed by atoms with Crippen LogP contribution in [0.5, 0.6) is 0 Å². The number of nitrogens with one attached hydrogen (secondary N) is 2. The number of likely N-dealkylation sites (tertiary alicyclic amines) is 1. The Morgan fingerprint density at radius 2 is 1.90 bits per heavy atom. The first kappa shape index (κ1) is 20.9. The standard InChI is InChI=1S/C24H29N3O2S/c1-16-7-5-8-17(2)27(16)14-6-13-25-23(28)18-11-12-22-20(15-18)26-24(29)19-9-3-4-10-21(19)30-22/h3-4,9-12,15-17H,5-8,13-14H2,1-2H3,(H,25,28)(H,26,29)/t16-,17-/m0/s1. The average molecular weight is 424 g/mol. The molecule has 2 N–H and O–H groups in total. The van der Waals surface area contributed by atoms with E-state index in [0.29, 0.717) is 35.4 Å². The highest BCUT2D eigenvalue weighted by atomic mass is 32.2. The van der Waals surface area contributed by atoms with Gasteiger partial charge in [-0.3, -0.25) is 14.5 Å². The highest BCUT2D eigenvalue weighted by Gasteiger charge is 2.24. The van der Waals surface area contributed by atoms with E-state index in [1.165, 1.54) is 19.3 Å². The number of benzene rings is 2. The Balaban J connectivity index is 1.35. The Labute approximate surface area is 182 Å². The number of nitrogens with zero attached hydrogens (tertiary/aromatic N) is 1. The molecule has 1 fully saturated rings. The third kappa shape index (κ3) is 4.55. The molecule has 2 atom stereocenters. The van der Waals surface area contributed by atoms with E-state index in [1.54, 1.807) is 17.8 Å². The predicted molar refractivity (Wildman–Crippen MR) is 121 cm³/mol. The summed E-state index contributed by atoms with van der Waals surface area (Å²) in [6, 6.07) is 14.3. The van der Waals surface area contributed by atoms with Crippen LogP contribution in [0.4, 0.5) is 5.69 Å². The van der Waals surface area contributed by atoms with Gasteiger partial charge in [-0.05, 0) is 63.4 Å². The first-order valence-corrected chi connectivity index (χ1v) is 11.6. The average Bonchev–Trinajstić information content (AvgIpc) is 2.88. The van der Waals surface area contributed by atoms with Crippen molar-refractivity contribution in [3.05, 3.63) is 53.6 Å². The van der Waals surface area contributed by atoms with Crippen molar-refractivity contribution >= 4 is 29.3 Å². The van der Waals surface area contributed by atoms with E-state index in [1.807, 2.05) is 36.4 Å². The number of carbonyl (C=O) groups excluding carboxylic acids is 2. The number of amides is 2. The van der Waals surface area contributed by atoms with Gasteiger partial charge < -0.3 is 10.6 Å². The largest absolute Gasteiger partial charge is 0.352 e. The van der Waals surface area contributed by atoms with Gasteiger partial charge in [0, 0.05) is 40.5 Å². The second kappa shape index (κ2) is 9.23. The maximum absolute atomic E-state index is 12.7. The van der Waals surface area contributed by atoms with Crippen molar-refractivity contribution in [2.24, 2.45) is 0 Å². The molecule has 2 aliphatic rings. The normalized spacial score (nSPS) is 21.2. The lowest BCUT2D eigenvalue weighted by Crippen LogP contribution is -2.44. The van der Waals surface area contributed by atoms with Crippen molar-refractivity contribution in [2.75, 3.05) is 18.4 Å². The molecule has 0 bridgehead atoms. The number of rotatable bonds is 5. The Kier molecular flexibility index (Phi) is 6.44. The van der Waals surface area contributed by atoms with E-state index in [-0.39, 0.29) is 11.8 Å². The second-order valence-electron chi connectivity index (χ2n) is 8.24. The third-order valence-corrected chi connectivity index (χ3v) is 7.25. The smallest absolute Gasteiger partial charge is 0.256 e. The predicted octanol–water partition coefficient (Wildman–Crippen LogP) is 4.79. The van der Waals surface area contributed by atoms with Crippen molar-refractivity contribution < 1.29 is 9.59 Å². The molecular weight excluding hydrogens is 394 g/mol. The molecule has 1 saturated heterocycles. The lowest BCUT2D eigenvalue weighted by molar-refractivity contribution is 0.0924. The maximum atomic E-state index is 12.7. The first-order chi connectivity index (χ1) is 14.5. The fourth-order valence-corrected chi connectivity index (χ4v) is 5.40. The Bertz CT molecular complexity index is 936. The fraction of sp³-hybridized carbons (Fsp3) is 0.417. The van der Waals surface area contributed by atoms with Crippen LogP contribution in [0.25, 0.3) is 0 Å². The topological polar surface area (TPSA) is 61.4 Å². The number of fused-ring (bicyclic) bond motifs is 2. The summed E-state index contributed by atoms with van der Waals surface area (Å²) < 4.78 is 0. The van der Waals surface area contributed by atoms with Crippen molar-refractivity contribution in [1.82, 2.24) is 10.2 Å². The lowest BCUT2D eigenvalue weighted by Gasteiger charge is -2.39. The second-order valence-corrected chi connectivity index (χ2v) is 9.32. The lowest BCUT2D eigenvalue weighted by atomic mass is 9.97. The molecule has 0 unspecified atom stereocenters. The Hall–Kier alpha value is -2.31. The summed E-state index contributed by atoms with van der Waals surface area (Å²) in [5.41, 5.74) is 1.91. The summed E-state index contributed by atoms with van der Waals surface area (Å²) in [6.45, 7) is 6.26. The van der Waals surface area contributed by atoms with Gasteiger partial charge in [0.05, 0.1) is 11.3 Å². The van der Waals surface area contributed by atoms with E-state index >= 15 is 0 Å². The summed E-state index contributed by atoms with van der Waals surface area (Å²) in [5.74, 6) is -0.238.